The molecule has 0 aromatic carbocycles. The number of aromatic nitrogens is 2. The maximum absolute atomic E-state index is 12.9. The zero-order chi connectivity index (χ0) is 17.9. The highest BCUT2D eigenvalue weighted by molar-refractivity contribution is 5.83. The molecule has 0 saturated carbocycles. The van der Waals surface area contributed by atoms with Crippen LogP contribution in [0.3, 0.4) is 0 Å². The van der Waals surface area contributed by atoms with E-state index in [1.54, 1.807) is 0 Å². The Hall–Kier alpha value is -1.92. The minimum Gasteiger partial charge on any atom is -0.340 e. The maximum atomic E-state index is 12.9. The van der Waals surface area contributed by atoms with Crippen molar-refractivity contribution >= 4 is 11.6 Å². The number of hydrogen-bond acceptors (Lipinski definition) is 4. The lowest BCUT2D eigenvalue weighted by atomic mass is 9.81. The van der Waals surface area contributed by atoms with Gasteiger partial charge >= 0.3 is 0 Å². The minimum atomic E-state index is -0.385. The van der Waals surface area contributed by atoms with E-state index in [0.29, 0.717) is 6.54 Å². The van der Waals surface area contributed by atoms with Crippen molar-refractivity contribution in [2.24, 2.45) is 11.1 Å². The SMILES string of the molecule is CCC(CC)(CN)C(=O)N1CCN(Cc2cn3ccccc3n2)CC1. The van der Waals surface area contributed by atoms with E-state index in [9.17, 15) is 4.79 Å². The predicted octanol–water partition coefficient (Wildman–Crippen LogP) is 1.74. The zero-order valence-electron chi connectivity index (χ0n) is 15.3. The van der Waals surface area contributed by atoms with Gasteiger partial charge in [0.2, 0.25) is 5.91 Å². The molecule has 2 N–H and O–H groups in total. The van der Waals surface area contributed by atoms with E-state index < -0.39 is 0 Å². The van der Waals surface area contributed by atoms with Crippen molar-refractivity contribution in [1.82, 2.24) is 19.2 Å². The van der Waals surface area contributed by atoms with Crippen LogP contribution in [-0.2, 0) is 11.3 Å². The lowest BCUT2D eigenvalue weighted by molar-refractivity contribution is -0.144. The third-order valence-electron chi connectivity index (χ3n) is 5.66. The van der Waals surface area contributed by atoms with Crippen molar-refractivity contribution in [3.8, 4) is 0 Å². The van der Waals surface area contributed by atoms with E-state index in [2.05, 4.69) is 29.9 Å². The summed E-state index contributed by atoms with van der Waals surface area (Å²) in [6, 6.07) is 6.03. The Morgan fingerprint density at radius 1 is 1.20 bits per heavy atom. The van der Waals surface area contributed by atoms with Crippen molar-refractivity contribution in [2.45, 2.75) is 33.2 Å². The number of piperazine rings is 1. The van der Waals surface area contributed by atoms with E-state index >= 15 is 0 Å². The monoisotopic (exact) mass is 343 g/mol. The summed E-state index contributed by atoms with van der Waals surface area (Å²) in [6.45, 7) is 8.69. The molecule has 6 nitrogen and oxygen atoms in total. The van der Waals surface area contributed by atoms with Gasteiger partial charge in [-0.15, -0.1) is 0 Å². The highest BCUT2D eigenvalue weighted by atomic mass is 16.2. The first-order valence-corrected chi connectivity index (χ1v) is 9.26. The standard InChI is InChI=1S/C19H29N5O/c1-3-19(4-2,15-20)18(25)23-11-9-22(10-12-23)13-16-14-24-8-6-5-7-17(24)21-16/h5-8,14H,3-4,9-13,15,20H2,1-2H3. The Balaban J connectivity index is 1.59. The molecule has 0 aliphatic carbocycles. The van der Waals surface area contributed by atoms with Crippen LogP contribution in [0, 0.1) is 5.41 Å². The fraction of sp³-hybridized carbons (Fsp3) is 0.579. The Morgan fingerprint density at radius 3 is 2.52 bits per heavy atom. The fourth-order valence-electron chi connectivity index (χ4n) is 3.67. The summed E-state index contributed by atoms with van der Waals surface area (Å²) in [7, 11) is 0. The van der Waals surface area contributed by atoms with Crippen LogP contribution in [0.5, 0.6) is 0 Å². The molecule has 1 saturated heterocycles. The van der Waals surface area contributed by atoms with Gasteiger partial charge in [-0.25, -0.2) is 4.98 Å². The fourth-order valence-corrected chi connectivity index (χ4v) is 3.67. The molecule has 0 spiro atoms. The summed E-state index contributed by atoms with van der Waals surface area (Å²) in [5, 5.41) is 0. The number of amides is 1. The Bertz CT molecular complexity index is 672. The van der Waals surface area contributed by atoms with E-state index in [4.69, 9.17) is 5.73 Å². The smallest absolute Gasteiger partial charge is 0.230 e. The highest BCUT2D eigenvalue weighted by Crippen LogP contribution is 2.28. The highest BCUT2D eigenvalue weighted by Gasteiger charge is 2.37. The molecule has 1 aliphatic rings. The minimum absolute atomic E-state index is 0.229. The Labute approximate surface area is 149 Å². The van der Waals surface area contributed by atoms with Crippen molar-refractivity contribution in [3.63, 3.8) is 0 Å². The summed E-state index contributed by atoms with van der Waals surface area (Å²) in [6.07, 6.45) is 5.71. The number of imidazole rings is 1. The summed E-state index contributed by atoms with van der Waals surface area (Å²) in [5.41, 5.74) is 7.60. The molecule has 3 rings (SSSR count). The summed E-state index contributed by atoms with van der Waals surface area (Å²) >= 11 is 0. The van der Waals surface area contributed by atoms with Crippen LogP contribution in [0.15, 0.2) is 30.6 Å². The van der Waals surface area contributed by atoms with Gasteiger partial charge in [0.15, 0.2) is 0 Å². The summed E-state index contributed by atoms with van der Waals surface area (Å²) in [5.74, 6) is 0.229. The predicted molar refractivity (Wildman–Crippen MR) is 99.1 cm³/mol. The first kappa shape index (κ1) is 17.9. The largest absolute Gasteiger partial charge is 0.340 e. The normalized spacial score (nSPS) is 16.5. The second-order valence-electron chi connectivity index (χ2n) is 6.96. The summed E-state index contributed by atoms with van der Waals surface area (Å²) in [4.78, 5) is 21.9. The number of rotatable bonds is 6. The first-order valence-electron chi connectivity index (χ1n) is 9.26. The zero-order valence-corrected chi connectivity index (χ0v) is 15.3. The molecule has 0 bridgehead atoms. The van der Waals surface area contributed by atoms with Gasteiger partial charge < -0.3 is 15.0 Å². The Morgan fingerprint density at radius 2 is 1.92 bits per heavy atom. The second-order valence-corrected chi connectivity index (χ2v) is 6.96. The maximum Gasteiger partial charge on any atom is 0.230 e. The van der Waals surface area contributed by atoms with E-state index in [-0.39, 0.29) is 11.3 Å². The van der Waals surface area contributed by atoms with Crippen LogP contribution >= 0.6 is 0 Å². The molecule has 1 amide bonds. The van der Waals surface area contributed by atoms with Gasteiger partial charge in [0.25, 0.3) is 0 Å². The van der Waals surface area contributed by atoms with Gasteiger partial charge in [0.1, 0.15) is 5.65 Å². The number of nitrogens with zero attached hydrogens (tertiary/aromatic N) is 4. The van der Waals surface area contributed by atoms with Crippen LogP contribution in [0.2, 0.25) is 0 Å². The number of carbonyl (C=O) groups is 1. The molecular weight excluding hydrogens is 314 g/mol. The van der Waals surface area contributed by atoms with E-state index in [0.717, 1.165) is 56.9 Å². The molecule has 2 aromatic heterocycles. The van der Waals surface area contributed by atoms with Crippen LogP contribution < -0.4 is 5.73 Å². The molecular formula is C19H29N5O. The average molecular weight is 343 g/mol. The third-order valence-corrected chi connectivity index (χ3v) is 5.66. The van der Waals surface area contributed by atoms with Crippen molar-refractivity contribution < 1.29 is 4.79 Å². The quantitative estimate of drug-likeness (QED) is 0.868. The molecule has 3 heterocycles. The van der Waals surface area contributed by atoms with Gasteiger partial charge in [0, 0.05) is 51.7 Å². The van der Waals surface area contributed by atoms with Gasteiger partial charge in [0.05, 0.1) is 11.1 Å². The lowest BCUT2D eigenvalue weighted by Gasteiger charge is -2.40. The molecule has 1 aliphatic heterocycles. The Kier molecular flexibility index (Phi) is 5.39. The molecule has 136 valence electrons. The van der Waals surface area contributed by atoms with Crippen molar-refractivity contribution in [3.05, 3.63) is 36.3 Å². The van der Waals surface area contributed by atoms with Gasteiger partial charge in [-0.05, 0) is 25.0 Å². The van der Waals surface area contributed by atoms with Gasteiger partial charge in [-0.2, -0.15) is 0 Å². The number of hydrogen-bond donors (Lipinski definition) is 1. The lowest BCUT2D eigenvalue weighted by Crippen LogP contribution is -2.54. The van der Waals surface area contributed by atoms with E-state index in [1.807, 2.05) is 33.7 Å². The summed E-state index contributed by atoms with van der Waals surface area (Å²) < 4.78 is 2.05. The van der Waals surface area contributed by atoms with Crippen LogP contribution in [0.25, 0.3) is 5.65 Å². The molecule has 2 aromatic rings. The molecule has 0 radical (unpaired) electrons. The van der Waals surface area contributed by atoms with E-state index in [1.165, 1.54) is 0 Å². The molecule has 25 heavy (non-hydrogen) atoms. The second kappa shape index (κ2) is 7.54. The molecule has 6 heteroatoms. The third kappa shape index (κ3) is 3.55. The number of pyridine rings is 1. The van der Waals surface area contributed by atoms with Crippen LogP contribution in [0.4, 0.5) is 0 Å². The van der Waals surface area contributed by atoms with Gasteiger partial charge in [-0.3, -0.25) is 9.69 Å². The van der Waals surface area contributed by atoms with Gasteiger partial charge in [-0.1, -0.05) is 19.9 Å². The number of carbonyl (C=O) groups excluding carboxylic acids is 1. The van der Waals surface area contributed by atoms with Crippen molar-refractivity contribution in [2.75, 3.05) is 32.7 Å². The topological polar surface area (TPSA) is 66.9 Å². The van der Waals surface area contributed by atoms with Crippen molar-refractivity contribution in [1.29, 1.82) is 0 Å². The molecule has 0 unspecified atom stereocenters. The first-order chi connectivity index (χ1) is 12.1. The van der Waals surface area contributed by atoms with Crippen LogP contribution in [-0.4, -0.2) is 57.8 Å². The average Bonchev–Trinajstić information content (AvgIpc) is 3.06. The number of fused-ring (bicyclic) bond motifs is 1. The molecule has 1 fully saturated rings. The van der Waals surface area contributed by atoms with Crippen LogP contribution in [0.1, 0.15) is 32.4 Å². The molecule has 0 atom stereocenters. The number of nitrogens with two attached hydrogens (primary N) is 1.